The van der Waals surface area contributed by atoms with Crippen LogP contribution in [0.2, 0.25) is 0 Å². The number of fused-ring (bicyclic) bond motifs is 1. The zero-order valence-corrected chi connectivity index (χ0v) is 13.2. The molecule has 1 heterocycles. The first-order chi connectivity index (χ1) is 9.69. The Morgan fingerprint density at radius 1 is 1.40 bits per heavy atom. The number of pyridine rings is 1. The minimum Gasteiger partial charge on any atom is -0.495 e. The van der Waals surface area contributed by atoms with E-state index in [-0.39, 0.29) is 6.04 Å². The molecule has 3 nitrogen and oxygen atoms in total. The lowest BCUT2D eigenvalue weighted by Gasteiger charge is -2.19. The second-order valence-electron chi connectivity index (χ2n) is 5.08. The van der Waals surface area contributed by atoms with E-state index in [1.807, 2.05) is 18.3 Å². The van der Waals surface area contributed by atoms with Crippen molar-refractivity contribution in [2.45, 2.75) is 25.8 Å². The van der Waals surface area contributed by atoms with Gasteiger partial charge >= 0.3 is 0 Å². The Kier molecular flexibility index (Phi) is 3.66. The van der Waals surface area contributed by atoms with Crippen LogP contribution in [-0.4, -0.2) is 12.1 Å². The third-order valence-corrected chi connectivity index (χ3v) is 4.22. The predicted octanol–water partition coefficient (Wildman–Crippen LogP) is 4.26. The van der Waals surface area contributed by atoms with Crippen LogP contribution in [-0.2, 0) is 6.42 Å². The van der Waals surface area contributed by atoms with Crippen molar-refractivity contribution >= 4 is 21.6 Å². The van der Waals surface area contributed by atoms with Crippen LogP contribution in [0.3, 0.4) is 0 Å². The maximum Gasteiger partial charge on any atom is 0.143 e. The summed E-state index contributed by atoms with van der Waals surface area (Å²) >= 11 is 3.51. The highest BCUT2D eigenvalue weighted by molar-refractivity contribution is 9.10. The Labute approximate surface area is 127 Å². The maximum absolute atomic E-state index is 5.49. The molecular weight excluding hydrogens is 316 g/mol. The molecule has 20 heavy (non-hydrogen) atoms. The molecular formula is C16H17BrN2O. The van der Waals surface area contributed by atoms with Gasteiger partial charge in [-0.05, 0) is 49.1 Å². The van der Waals surface area contributed by atoms with Gasteiger partial charge in [0.2, 0.25) is 0 Å². The number of hydrogen-bond acceptors (Lipinski definition) is 3. The second kappa shape index (κ2) is 5.44. The van der Waals surface area contributed by atoms with Crippen LogP contribution in [0.1, 0.15) is 29.3 Å². The number of halogens is 1. The number of benzene rings is 1. The molecule has 2 aromatic rings. The number of rotatable bonds is 3. The Hall–Kier alpha value is -1.55. The lowest BCUT2D eigenvalue weighted by atomic mass is 10.1. The number of nitrogens with zero attached hydrogens (tertiary/aromatic N) is 1. The average Bonchev–Trinajstić information content (AvgIpc) is 2.85. The van der Waals surface area contributed by atoms with Crippen molar-refractivity contribution in [3.8, 4) is 5.75 Å². The van der Waals surface area contributed by atoms with Crippen molar-refractivity contribution in [2.75, 3.05) is 12.4 Å². The Bertz CT molecular complexity index is 642. The molecule has 0 amide bonds. The van der Waals surface area contributed by atoms with E-state index in [0.29, 0.717) is 0 Å². The lowest BCUT2D eigenvalue weighted by Crippen LogP contribution is -2.10. The van der Waals surface area contributed by atoms with E-state index in [1.54, 1.807) is 7.11 Å². The van der Waals surface area contributed by atoms with E-state index in [2.05, 4.69) is 45.3 Å². The van der Waals surface area contributed by atoms with E-state index in [0.717, 1.165) is 34.4 Å². The Morgan fingerprint density at radius 2 is 2.25 bits per heavy atom. The molecule has 104 valence electrons. The van der Waals surface area contributed by atoms with Crippen molar-refractivity contribution in [2.24, 2.45) is 0 Å². The van der Waals surface area contributed by atoms with Crippen molar-refractivity contribution in [1.29, 1.82) is 0 Å². The first kappa shape index (κ1) is 13.4. The summed E-state index contributed by atoms with van der Waals surface area (Å²) in [5, 5.41) is 3.60. The quantitative estimate of drug-likeness (QED) is 0.911. The van der Waals surface area contributed by atoms with E-state index in [9.17, 15) is 0 Å². The molecule has 0 spiro atoms. The van der Waals surface area contributed by atoms with Crippen LogP contribution in [0, 0.1) is 6.92 Å². The fourth-order valence-corrected chi connectivity index (χ4v) is 3.34. The van der Waals surface area contributed by atoms with Gasteiger partial charge in [0.05, 0.1) is 24.5 Å². The van der Waals surface area contributed by atoms with Crippen LogP contribution >= 0.6 is 15.9 Å². The minimum absolute atomic E-state index is 0.264. The lowest BCUT2D eigenvalue weighted by molar-refractivity contribution is 0.415. The molecule has 0 saturated carbocycles. The van der Waals surface area contributed by atoms with Crippen molar-refractivity contribution in [3.63, 3.8) is 0 Å². The van der Waals surface area contributed by atoms with Gasteiger partial charge in [-0.2, -0.15) is 0 Å². The molecule has 1 N–H and O–H groups in total. The maximum atomic E-state index is 5.49. The SMILES string of the molecule is COc1cc(Br)cc(C)c1NC1CCc2cccnc21. The Morgan fingerprint density at radius 3 is 3.05 bits per heavy atom. The van der Waals surface area contributed by atoms with Gasteiger partial charge in [0.1, 0.15) is 5.75 Å². The number of methoxy groups -OCH3 is 1. The molecule has 3 rings (SSSR count). The molecule has 1 atom stereocenters. The van der Waals surface area contributed by atoms with E-state index in [4.69, 9.17) is 4.74 Å². The molecule has 0 radical (unpaired) electrons. The summed E-state index contributed by atoms with van der Waals surface area (Å²) in [6, 6.07) is 8.52. The third-order valence-electron chi connectivity index (χ3n) is 3.76. The number of hydrogen-bond donors (Lipinski definition) is 1. The highest BCUT2D eigenvalue weighted by atomic mass is 79.9. The minimum atomic E-state index is 0.264. The normalized spacial score (nSPS) is 16.9. The van der Waals surface area contributed by atoms with Gasteiger partial charge in [-0.3, -0.25) is 4.98 Å². The summed E-state index contributed by atoms with van der Waals surface area (Å²) in [5.74, 6) is 0.862. The zero-order chi connectivity index (χ0) is 14.1. The summed E-state index contributed by atoms with van der Waals surface area (Å²) in [4.78, 5) is 4.53. The third kappa shape index (κ3) is 2.40. The van der Waals surface area contributed by atoms with Crippen molar-refractivity contribution in [3.05, 3.63) is 51.8 Å². The van der Waals surface area contributed by atoms with Crippen LogP contribution in [0.25, 0.3) is 0 Å². The highest BCUT2D eigenvalue weighted by Gasteiger charge is 2.24. The number of aryl methyl sites for hydroxylation is 2. The Balaban J connectivity index is 1.93. The summed E-state index contributed by atoms with van der Waals surface area (Å²) in [6.45, 7) is 2.09. The number of aromatic nitrogens is 1. The number of nitrogens with one attached hydrogen (secondary N) is 1. The van der Waals surface area contributed by atoms with Gasteiger partial charge in [-0.15, -0.1) is 0 Å². The fraction of sp³-hybridized carbons (Fsp3) is 0.312. The second-order valence-corrected chi connectivity index (χ2v) is 6.00. The van der Waals surface area contributed by atoms with Gasteiger partial charge in [-0.1, -0.05) is 22.0 Å². The van der Waals surface area contributed by atoms with E-state index >= 15 is 0 Å². The van der Waals surface area contributed by atoms with Crippen molar-refractivity contribution < 1.29 is 4.74 Å². The molecule has 0 aliphatic heterocycles. The van der Waals surface area contributed by atoms with Crippen LogP contribution in [0.15, 0.2) is 34.9 Å². The van der Waals surface area contributed by atoms with Crippen LogP contribution in [0.5, 0.6) is 5.75 Å². The molecule has 4 heteroatoms. The molecule has 1 aromatic heterocycles. The van der Waals surface area contributed by atoms with Gasteiger partial charge in [0.15, 0.2) is 0 Å². The highest BCUT2D eigenvalue weighted by Crippen LogP contribution is 2.38. The van der Waals surface area contributed by atoms with Gasteiger partial charge in [0.25, 0.3) is 0 Å². The van der Waals surface area contributed by atoms with Gasteiger partial charge < -0.3 is 10.1 Å². The predicted molar refractivity (Wildman–Crippen MR) is 84.4 cm³/mol. The summed E-state index contributed by atoms with van der Waals surface area (Å²) in [7, 11) is 1.70. The van der Waals surface area contributed by atoms with Crippen LogP contribution < -0.4 is 10.1 Å². The molecule has 0 saturated heterocycles. The molecule has 1 aliphatic rings. The standard InChI is InChI=1S/C16H17BrN2O/c1-10-8-12(17)9-14(20-2)15(10)19-13-6-5-11-4-3-7-18-16(11)13/h3-4,7-9,13,19H,5-6H2,1-2H3. The number of anilines is 1. The molecule has 1 unspecified atom stereocenters. The van der Waals surface area contributed by atoms with Gasteiger partial charge in [-0.25, -0.2) is 0 Å². The largest absolute Gasteiger partial charge is 0.495 e. The van der Waals surface area contributed by atoms with Gasteiger partial charge in [0, 0.05) is 10.7 Å². The first-order valence-electron chi connectivity index (χ1n) is 6.73. The molecule has 1 aromatic carbocycles. The molecule has 0 fully saturated rings. The van der Waals surface area contributed by atoms with Crippen molar-refractivity contribution in [1.82, 2.24) is 4.98 Å². The number of ether oxygens (including phenoxy) is 1. The summed E-state index contributed by atoms with van der Waals surface area (Å²) in [6.07, 6.45) is 4.02. The monoisotopic (exact) mass is 332 g/mol. The smallest absolute Gasteiger partial charge is 0.143 e. The first-order valence-corrected chi connectivity index (χ1v) is 7.53. The van der Waals surface area contributed by atoms with E-state index in [1.165, 1.54) is 11.1 Å². The summed E-state index contributed by atoms with van der Waals surface area (Å²) < 4.78 is 6.52. The molecule has 0 bridgehead atoms. The average molecular weight is 333 g/mol. The van der Waals surface area contributed by atoms with E-state index < -0.39 is 0 Å². The molecule has 1 aliphatic carbocycles. The topological polar surface area (TPSA) is 34.1 Å². The fourth-order valence-electron chi connectivity index (χ4n) is 2.79. The summed E-state index contributed by atoms with van der Waals surface area (Å²) in [5.41, 5.74) is 4.73. The van der Waals surface area contributed by atoms with Crippen LogP contribution in [0.4, 0.5) is 5.69 Å². The zero-order valence-electron chi connectivity index (χ0n) is 11.6.